The molecular formula is C11H17N5. The van der Waals surface area contributed by atoms with Crippen LogP contribution in [-0.4, -0.2) is 19.6 Å². The zero-order valence-electron chi connectivity index (χ0n) is 9.72. The van der Waals surface area contributed by atoms with Crippen molar-refractivity contribution >= 4 is 5.69 Å². The average Bonchev–Trinajstić information content (AvgIpc) is 2.82. The number of nitrogens with zero attached hydrogens (tertiary/aromatic N) is 4. The Labute approximate surface area is 94.9 Å². The van der Waals surface area contributed by atoms with Crippen LogP contribution in [0, 0.1) is 0 Å². The second-order valence-corrected chi connectivity index (χ2v) is 3.95. The van der Waals surface area contributed by atoms with Gasteiger partial charge in [0.25, 0.3) is 0 Å². The van der Waals surface area contributed by atoms with Gasteiger partial charge in [-0.05, 0) is 6.42 Å². The molecule has 2 aromatic rings. The van der Waals surface area contributed by atoms with E-state index in [-0.39, 0.29) is 0 Å². The zero-order valence-corrected chi connectivity index (χ0v) is 9.72. The lowest BCUT2D eigenvalue weighted by Crippen LogP contribution is -1.97. The van der Waals surface area contributed by atoms with Crippen molar-refractivity contribution in [2.45, 2.75) is 26.3 Å². The van der Waals surface area contributed by atoms with Gasteiger partial charge in [-0.15, -0.1) is 0 Å². The van der Waals surface area contributed by atoms with Crippen molar-refractivity contribution in [2.75, 3.05) is 5.73 Å². The number of anilines is 1. The monoisotopic (exact) mass is 219 g/mol. The van der Waals surface area contributed by atoms with Gasteiger partial charge in [-0.1, -0.05) is 13.3 Å². The highest BCUT2D eigenvalue weighted by atomic mass is 15.3. The average molecular weight is 219 g/mol. The summed E-state index contributed by atoms with van der Waals surface area (Å²) in [5, 5.41) is 8.59. The van der Waals surface area contributed by atoms with Gasteiger partial charge in [0.15, 0.2) is 0 Å². The smallest absolute Gasteiger partial charge is 0.118 e. The summed E-state index contributed by atoms with van der Waals surface area (Å²) in [4.78, 5) is 0. The number of nitrogen functional groups attached to an aromatic ring is 1. The first-order chi connectivity index (χ1) is 7.70. The molecule has 0 aliphatic carbocycles. The third-order valence-electron chi connectivity index (χ3n) is 2.51. The van der Waals surface area contributed by atoms with Crippen molar-refractivity contribution in [1.82, 2.24) is 19.6 Å². The lowest BCUT2D eigenvalue weighted by molar-refractivity contribution is 0.573. The van der Waals surface area contributed by atoms with Crippen molar-refractivity contribution in [1.29, 1.82) is 0 Å². The van der Waals surface area contributed by atoms with Crippen molar-refractivity contribution in [3.63, 3.8) is 0 Å². The highest BCUT2D eigenvalue weighted by Crippen LogP contribution is 2.23. The maximum absolute atomic E-state index is 5.93. The molecule has 0 aliphatic rings. The fraction of sp³-hybridized carbons (Fsp3) is 0.455. The second kappa shape index (κ2) is 4.38. The summed E-state index contributed by atoms with van der Waals surface area (Å²) in [5.74, 6) is 0. The van der Waals surface area contributed by atoms with Crippen LogP contribution in [0.1, 0.15) is 19.8 Å². The molecule has 2 N–H and O–H groups in total. The van der Waals surface area contributed by atoms with E-state index in [0.29, 0.717) is 5.69 Å². The van der Waals surface area contributed by atoms with Gasteiger partial charge in [0.2, 0.25) is 0 Å². The summed E-state index contributed by atoms with van der Waals surface area (Å²) in [7, 11) is 1.88. The van der Waals surface area contributed by atoms with Crippen molar-refractivity contribution in [3.8, 4) is 11.3 Å². The molecule has 0 radical (unpaired) electrons. The van der Waals surface area contributed by atoms with Gasteiger partial charge in [-0.2, -0.15) is 10.2 Å². The van der Waals surface area contributed by atoms with Gasteiger partial charge >= 0.3 is 0 Å². The van der Waals surface area contributed by atoms with E-state index < -0.39 is 0 Å². The van der Waals surface area contributed by atoms with Gasteiger partial charge in [-0.3, -0.25) is 9.36 Å². The molecule has 0 atom stereocenters. The summed E-state index contributed by atoms with van der Waals surface area (Å²) >= 11 is 0. The summed E-state index contributed by atoms with van der Waals surface area (Å²) in [6.45, 7) is 3.08. The van der Waals surface area contributed by atoms with E-state index in [2.05, 4.69) is 17.1 Å². The van der Waals surface area contributed by atoms with Crippen LogP contribution in [0.15, 0.2) is 18.6 Å². The predicted octanol–water partition coefficient (Wildman–Crippen LogP) is 1.67. The Morgan fingerprint density at radius 3 is 2.81 bits per heavy atom. The number of hydrogen-bond acceptors (Lipinski definition) is 3. The van der Waals surface area contributed by atoms with Crippen molar-refractivity contribution in [3.05, 3.63) is 18.6 Å². The van der Waals surface area contributed by atoms with E-state index in [1.165, 1.54) is 0 Å². The van der Waals surface area contributed by atoms with Crippen LogP contribution in [0.4, 0.5) is 5.69 Å². The molecule has 2 aromatic heterocycles. The van der Waals surface area contributed by atoms with Crippen LogP contribution in [0.5, 0.6) is 0 Å². The molecule has 86 valence electrons. The molecule has 2 heterocycles. The lowest BCUT2D eigenvalue weighted by Gasteiger charge is -1.97. The minimum Gasteiger partial charge on any atom is -0.396 e. The first-order valence-electron chi connectivity index (χ1n) is 5.52. The van der Waals surface area contributed by atoms with E-state index in [1.807, 2.05) is 24.1 Å². The molecule has 0 fully saturated rings. The Morgan fingerprint density at radius 1 is 1.38 bits per heavy atom. The zero-order chi connectivity index (χ0) is 11.5. The van der Waals surface area contributed by atoms with Crippen LogP contribution < -0.4 is 5.73 Å². The Morgan fingerprint density at radius 2 is 2.19 bits per heavy atom. The Hall–Kier alpha value is -1.78. The first kappa shape index (κ1) is 10.7. The highest BCUT2D eigenvalue weighted by molar-refractivity contribution is 5.70. The molecule has 5 heteroatoms. The summed E-state index contributed by atoms with van der Waals surface area (Å²) in [6.07, 6.45) is 7.86. The molecule has 0 unspecified atom stereocenters. The van der Waals surface area contributed by atoms with Gasteiger partial charge in [0.05, 0.1) is 11.9 Å². The maximum Gasteiger partial charge on any atom is 0.118 e. The van der Waals surface area contributed by atoms with E-state index in [4.69, 9.17) is 5.73 Å². The number of hydrogen-bond donors (Lipinski definition) is 1. The molecule has 0 bridgehead atoms. The van der Waals surface area contributed by atoms with Gasteiger partial charge in [-0.25, -0.2) is 0 Å². The van der Waals surface area contributed by atoms with Gasteiger partial charge in [0, 0.05) is 31.5 Å². The molecule has 16 heavy (non-hydrogen) atoms. The number of rotatable bonds is 4. The molecule has 0 amide bonds. The largest absolute Gasteiger partial charge is 0.396 e. The molecule has 5 nitrogen and oxygen atoms in total. The number of aromatic nitrogens is 4. The fourth-order valence-corrected chi connectivity index (χ4v) is 1.64. The topological polar surface area (TPSA) is 61.7 Å². The fourth-order valence-electron chi connectivity index (χ4n) is 1.64. The first-order valence-corrected chi connectivity index (χ1v) is 5.52. The highest BCUT2D eigenvalue weighted by Gasteiger charge is 2.09. The third-order valence-corrected chi connectivity index (χ3v) is 2.51. The summed E-state index contributed by atoms with van der Waals surface area (Å²) in [6, 6.07) is 0. The maximum atomic E-state index is 5.93. The predicted molar refractivity (Wildman–Crippen MR) is 63.7 cm³/mol. The minimum atomic E-state index is 0.712. The van der Waals surface area contributed by atoms with Crippen molar-refractivity contribution in [2.24, 2.45) is 7.05 Å². The van der Waals surface area contributed by atoms with E-state index >= 15 is 0 Å². The third kappa shape index (κ3) is 2.08. The van der Waals surface area contributed by atoms with E-state index in [9.17, 15) is 0 Å². The molecule has 2 rings (SSSR count). The van der Waals surface area contributed by atoms with E-state index in [0.717, 1.165) is 30.6 Å². The molecule has 0 saturated carbocycles. The number of nitrogens with two attached hydrogens (primary N) is 1. The Balaban J connectivity index is 2.24. The standard InChI is InChI=1S/C11H17N5/c1-3-4-5-16-8-10(12)11(14-16)9-6-13-15(2)7-9/h6-8H,3-5,12H2,1-2H3. The van der Waals surface area contributed by atoms with Crippen molar-refractivity contribution < 1.29 is 0 Å². The van der Waals surface area contributed by atoms with Gasteiger partial charge < -0.3 is 5.73 Å². The minimum absolute atomic E-state index is 0.712. The summed E-state index contributed by atoms with van der Waals surface area (Å²) < 4.78 is 3.65. The molecule has 0 aliphatic heterocycles. The molecule has 0 saturated heterocycles. The van der Waals surface area contributed by atoms with Crippen LogP contribution in [0.25, 0.3) is 11.3 Å². The quantitative estimate of drug-likeness (QED) is 0.850. The number of unbranched alkanes of at least 4 members (excludes halogenated alkanes) is 1. The van der Waals surface area contributed by atoms with Crippen LogP contribution >= 0.6 is 0 Å². The van der Waals surface area contributed by atoms with E-state index in [1.54, 1.807) is 10.9 Å². The number of aryl methyl sites for hydroxylation is 2. The van der Waals surface area contributed by atoms with Crippen LogP contribution in [-0.2, 0) is 13.6 Å². The normalized spacial score (nSPS) is 10.9. The van der Waals surface area contributed by atoms with Crippen LogP contribution in [0.2, 0.25) is 0 Å². The van der Waals surface area contributed by atoms with Crippen LogP contribution in [0.3, 0.4) is 0 Å². The second-order valence-electron chi connectivity index (χ2n) is 3.95. The Bertz CT molecular complexity index is 468. The molecular weight excluding hydrogens is 202 g/mol. The van der Waals surface area contributed by atoms with Gasteiger partial charge in [0.1, 0.15) is 5.69 Å². The summed E-state index contributed by atoms with van der Waals surface area (Å²) in [5.41, 5.74) is 8.44. The molecule has 0 spiro atoms. The molecule has 0 aromatic carbocycles. The SMILES string of the molecule is CCCCn1cc(N)c(-c2cnn(C)c2)n1. The Kier molecular flexibility index (Phi) is 2.94. The lowest BCUT2D eigenvalue weighted by atomic mass is 10.2.